The first-order chi connectivity index (χ1) is 12.1. The number of benzene rings is 2. The van der Waals surface area contributed by atoms with Crippen molar-refractivity contribution in [3.05, 3.63) is 47.5 Å². The van der Waals surface area contributed by atoms with Gasteiger partial charge >= 0.3 is 0 Å². The summed E-state index contributed by atoms with van der Waals surface area (Å²) in [5, 5.41) is 19.2. The Morgan fingerprint density at radius 2 is 2.04 bits per heavy atom. The second kappa shape index (κ2) is 7.05. The van der Waals surface area contributed by atoms with E-state index in [-0.39, 0.29) is 5.75 Å². The molecule has 1 aromatic heterocycles. The van der Waals surface area contributed by atoms with Crippen molar-refractivity contribution in [2.75, 3.05) is 18.0 Å². The smallest absolute Gasteiger partial charge is 0.227 e. The fraction of sp³-hybridized carbons (Fsp3) is 0.211. The molecule has 0 radical (unpaired) electrons. The zero-order chi connectivity index (χ0) is 17.8. The maximum absolute atomic E-state index is 10.2. The lowest BCUT2D eigenvalue weighted by molar-refractivity contribution is 0.474. The largest absolute Gasteiger partial charge is 0.507 e. The van der Waals surface area contributed by atoms with Gasteiger partial charge in [-0.05, 0) is 44.2 Å². The highest BCUT2D eigenvalue weighted by Crippen LogP contribution is 2.24. The molecule has 0 saturated heterocycles. The summed E-state index contributed by atoms with van der Waals surface area (Å²) in [6.07, 6.45) is 1.57. The molecule has 0 saturated carbocycles. The fourth-order valence-electron chi connectivity index (χ4n) is 2.68. The van der Waals surface area contributed by atoms with Crippen molar-refractivity contribution < 1.29 is 5.11 Å². The fourth-order valence-corrected chi connectivity index (χ4v) is 2.68. The van der Waals surface area contributed by atoms with Crippen molar-refractivity contribution in [1.29, 1.82) is 5.26 Å². The normalized spacial score (nSPS) is 11.1. The number of nitrogens with zero attached hydrogens (tertiary/aromatic N) is 4. The molecule has 0 spiro atoms. The van der Waals surface area contributed by atoms with Crippen LogP contribution in [0.25, 0.3) is 11.0 Å². The van der Waals surface area contributed by atoms with Crippen LogP contribution in [0.1, 0.15) is 25.0 Å². The first-order valence-electron chi connectivity index (χ1n) is 8.16. The van der Waals surface area contributed by atoms with Gasteiger partial charge in [0.2, 0.25) is 5.95 Å². The molecule has 3 rings (SSSR count). The van der Waals surface area contributed by atoms with E-state index in [4.69, 9.17) is 5.26 Å². The van der Waals surface area contributed by atoms with E-state index < -0.39 is 0 Å². The molecule has 0 atom stereocenters. The quantitative estimate of drug-likeness (QED) is 0.696. The number of fused-ring (bicyclic) bond motifs is 1. The molecule has 0 aliphatic carbocycles. The Hall–Kier alpha value is -3.33. The van der Waals surface area contributed by atoms with Crippen LogP contribution < -0.4 is 4.90 Å². The van der Waals surface area contributed by atoms with Crippen LogP contribution in [0.2, 0.25) is 0 Å². The molecule has 1 heterocycles. The summed E-state index contributed by atoms with van der Waals surface area (Å²) in [7, 11) is 0. The first kappa shape index (κ1) is 16.5. The second-order valence-electron chi connectivity index (χ2n) is 5.58. The predicted molar refractivity (Wildman–Crippen MR) is 99.7 cm³/mol. The Balaban J connectivity index is 1.85. The monoisotopic (exact) mass is 333 g/mol. The van der Waals surface area contributed by atoms with E-state index in [0.717, 1.165) is 29.8 Å². The van der Waals surface area contributed by atoms with Gasteiger partial charge in [0.05, 0.1) is 22.7 Å². The number of aromatic hydroxyl groups is 1. The molecule has 0 amide bonds. The summed E-state index contributed by atoms with van der Waals surface area (Å²) in [6, 6.07) is 12.9. The van der Waals surface area contributed by atoms with Gasteiger partial charge in [0.25, 0.3) is 0 Å². The molecule has 0 bridgehead atoms. The molecule has 6 heteroatoms. The summed E-state index contributed by atoms with van der Waals surface area (Å²) in [5.74, 6) is 0.605. The van der Waals surface area contributed by atoms with E-state index in [1.54, 1.807) is 30.5 Å². The standard InChI is InChI=1S/C19H19N5O/c1-3-24(4-2)15-7-6-14(18(25)10-15)12-21-19-22-16-8-5-13(11-20)9-17(16)23-19/h5-10,12,25H,3-4H2,1-2H3,(H,22,23)/b21-12+. The van der Waals surface area contributed by atoms with Crippen molar-refractivity contribution in [2.45, 2.75) is 13.8 Å². The lowest BCUT2D eigenvalue weighted by atomic mass is 10.2. The third-order valence-corrected chi connectivity index (χ3v) is 4.07. The maximum Gasteiger partial charge on any atom is 0.227 e. The van der Waals surface area contributed by atoms with E-state index in [9.17, 15) is 5.11 Å². The van der Waals surface area contributed by atoms with Gasteiger partial charge in [-0.1, -0.05) is 0 Å². The number of nitrogens with one attached hydrogen (secondary N) is 1. The molecule has 0 fully saturated rings. The SMILES string of the molecule is CCN(CC)c1ccc(/C=N/c2nc3ccc(C#N)cc3[nH]2)c(O)c1. The van der Waals surface area contributed by atoms with Gasteiger partial charge in [0.1, 0.15) is 5.75 Å². The van der Waals surface area contributed by atoms with Crippen molar-refractivity contribution >= 4 is 28.9 Å². The van der Waals surface area contributed by atoms with Gasteiger partial charge in [-0.25, -0.2) is 9.98 Å². The third kappa shape index (κ3) is 3.45. The number of aromatic nitrogens is 2. The van der Waals surface area contributed by atoms with Crippen molar-refractivity contribution in [3.63, 3.8) is 0 Å². The second-order valence-corrected chi connectivity index (χ2v) is 5.58. The Labute approximate surface area is 146 Å². The van der Waals surface area contributed by atoms with Crippen LogP contribution in [0.5, 0.6) is 5.75 Å². The summed E-state index contributed by atoms with van der Waals surface area (Å²) in [6.45, 7) is 5.92. The summed E-state index contributed by atoms with van der Waals surface area (Å²) in [4.78, 5) is 13.9. The molecule has 0 aliphatic heterocycles. The van der Waals surface area contributed by atoms with Gasteiger partial charge in [0.15, 0.2) is 0 Å². The van der Waals surface area contributed by atoms with E-state index in [2.05, 4.69) is 39.8 Å². The van der Waals surface area contributed by atoms with Gasteiger partial charge < -0.3 is 15.0 Å². The number of phenols is 1. The highest BCUT2D eigenvalue weighted by atomic mass is 16.3. The van der Waals surface area contributed by atoms with Crippen LogP contribution in [-0.4, -0.2) is 34.4 Å². The molecule has 2 N–H and O–H groups in total. The number of phenolic OH excluding ortho intramolecular Hbond substituents is 1. The minimum Gasteiger partial charge on any atom is -0.507 e. The summed E-state index contributed by atoms with van der Waals surface area (Å²) >= 11 is 0. The number of aromatic amines is 1. The van der Waals surface area contributed by atoms with Gasteiger partial charge in [0, 0.05) is 36.6 Å². The third-order valence-electron chi connectivity index (χ3n) is 4.07. The van der Waals surface area contributed by atoms with Gasteiger partial charge in [-0.2, -0.15) is 5.26 Å². The summed E-state index contributed by atoms with van der Waals surface area (Å²) in [5.41, 5.74) is 3.66. The molecular weight excluding hydrogens is 314 g/mol. The van der Waals surface area contributed by atoms with Crippen molar-refractivity contribution in [3.8, 4) is 11.8 Å². The van der Waals surface area contributed by atoms with Crippen LogP contribution in [0.3, 0.4) is 0 Å². The number of nitriles is 1. The molecule has 126 valence electrons. The lowest BCUT2D eigenvalue weighted by Crippen LogP contribution is -2.21. The molecule has 2 aromatic carbocycles. The van der Waals surface area contributed by atoms with Gasteiger partial charge in [-0.3, -0.25) is 0 Å². The first-order valence-corrected chi connectivity index (χ1v) is 8.16. The van der Waals surface area contributed by atoms with Gasteiger partial charge in [-0.15, -0.1) is 0 Å². The Bertz CT molecular complexity index is 964. The van der Waals surface area contributed by atoms with Crippen molar-refractivity contribution in [1.82, 2.24) is 9.97 Å². The van der Waals surface area contributed by atoms with Crippen LogP contribution in [0.4, 0.5) is 11.6 Å². The van der Waals surface area contributed by atoms with E-state index >= 15 is 0 Å². The minimum atomic E-state index is 0.177. The Morgan fingerprint density at radius 3 is 2.72 bits per heavy atom. The number of hydrogen-bond donors (Lipinski definition) is 2. The average molecular weight is 333 g/mol. The van der Waals surface area contributed by atoms with E-state index in [1.165, 1.54) is 0 Å². The topological polar surface area (TPSA) is 88.3 Å². The number of hydrogen-bond acceptors (Lipinski definition) is 5. The van der Waals surface area contributed by atoms with E-state index in [0.29, 0.717) is 17.1 Å². The number of H-pyrrole nitrogens is 1. The van der Waals surface area contributed by atoms with Crippen LogP contribution >= 0.6 is 0 Å². The van der Waals surface area contributed by atoms with Crippen LogP contribution in [-0.2, 0) is 0 Å². The molecule has 6 nitrogen and oxygen atoms in total. The maximum atomic E-state index is 10.2. The number of anilines is 1. The Morgan fingerprint density at radius 1 is 1.24 bits per heavy atom. The number of rotatable bonds is 5. The number of aliphatic imine (C=N–C) groups is 1. The average Bonchev–Trinajstić information content (AvgIpc) is 3.04. The highest BCUT2D eigenvalue weighted by molar-refractivity contribution is 5.87. The van der Waals surface area contributed by atoms with Crippen molar-refractivity contribution in [2.24, 2.45) is 4.99 Å². The summed E-state index contributed by atoms with van der Waals surface area (Å²) < 4.78 is 0. The minimum absolute atomic E-state index is 0.177. The van der Waals surface area contributed by atoms with E-state index in [1.807, 2.05) is 12.1 Å². The van der Waals surface area contributed by atoms with Crippen LogP contribution in [0, 0.1) is 11.3 Å². The highest BCUT2D eigenvalue weighted by Gasteiger charge is 2.06. The molecular formula is C19H19N5O. The lowest BCUT2D eigenvalue weighted by Gasteiger charge is -2.21. The zero-order valence-corrected chi connectivity index (χ0v) is 14.2. The number of imidazole rings is 1. The zero-order valence-electron chi connectivity index (χ0n) is 14.2. The predicted octanol–water partition coefficient (Wildman–Crippen LogP) is 3.74. The molecule has 0 aliphatic rings. The molecule has 3 aromatic rings. The van der Waals surface area contributed by atoms with Crippen LogP contribution in [0.15, 0.2) is 41.4 Å². The molecule has 25 heavy (non-hydrogen) atoms. The Kier molecular flexibility index (Phi) is 4.66. The molecule has 0 unspecified atom stereocenters.